The van der Waals surface area contributed by atoms with Crippen LogP contribution in [-0.2, 0) is 20.9 Å². The summed E-state index contributed by atoms with van der Waals surface area (Å²) in [5, 5.41) is 12.5. The number of carboxylic acid groups (broad SMARTS) is 1. The number of nitrogens with one attached hydrogen (secondary N) is 2. The van der Waals surface area contributed by atoms with Gasteiger partial charge in [-0.15, -0.1) is 0 Å². The van der Waals surface area contributed by atoms with Crippen LogP contribution in [0.25, 0.3) is 33.3 Å². The third-order valence-electron chi connectivity index (χ3n) is 4.66. The number of nitrogens with two attached hydrogens (primary N) is 1. The minimum atomic E-state index is -1.43. The van der Waals surface area contributed by atoms with Crippen LogP contribution in [0.5, 0.6) is 0 Å². The first-order valence-electron chi connectivity index (χ1n) is 9.07. The molecule has 0 bridgehead atoms. The lowest BCUT2D eigenvalue weighted by Crippen LogP contribution is -2.44. The van der Waals surface area contributed by atoms with Crippen LogP contribution >= 0.6 is 0 Å². The fourth-order valence-electron chi connectivity index (χ4n) is 3.32. The molecule has 4 rings (SSSR count). The molecule has 0 fully saturated rings. The quantitative estimate of drug-likeness (QED) is 0.335. The molecule has 5 N–H and O–H groups in total. The van der Waals surface area contributed by atoms with Crippen molar-refractivity contribution in [3.8, 4) is 11.3 Å². The average molecular weight is 425 g/mol. The van der Waals surface area contributed by atoms with Gasteiger partial charge in [0.2, 0.25) is 11.8 Å². The predicted octanol–water partition coefficient (Wildman–Crippen LogP) is 0.558. The summed E-state index contributed by atoms with van der Waals surface area (Å²) in [6, 6.07) is 1.62. The number of halogens is 1. The molecule has 0 spiro atoms. The Hall–Kier alpha value is -4.35. The van der Waals surface area contributed by atoms with E-state index in [0.29, 0.717) is 33.3 Å². The zero-order valence-corrected chi connectivity index (χ0v) is 15.9. The van der Waals surface area contributed by atoms with E-state index in [1.165, 1.54) is 17.0 Å². The molecule has 4 aromatic rings. The summed E-state index contributed by atoms with van der Waals surface area (Å²) in [5.74, 6) is -3.34. The first-order valence-corrected chi connectivity index (χ1v) is 9.07. The lowest BCUT2D eigenvalue weighted by Gasteiger charge is -2.13. The standard InChI is InChI=1S/C19H16FN7O4/c20-9-3-11-12(6-23-17(11)22-5-9)16-10-1-2-27(18(10)25-8-24-16)7-15(29)26-13(19(30)31)4-14(21)28/h1-3,5-6,8,13H,4,7H2,(H2,21,28)(H,22,23)(H,26,29)(H,30,31)/t13-/m0/s1. The molecule has 0 radical (unpaired) electrons. The highest BCUT2D eigenvalue weighted by Crippen LogP contribution is 2.31. The predicted molar refractivity (Wildman–Crippen MR) is 106 cm³/mol. The van der Waals surface area contributed by atoms with Gasteiger partial charge in [0.05, 0.1) is 18.3 Å². The summed E-state index contributed by atoms with van der Waals surface area (Å²) in [6.07, 6.45) is 5.15. The Bertz CT molecular complexity index is 1330. The SMILES string of the molecule is NC(=O)C[C@H](NC(=O)Cn1ccc2c(-c3c[nH]c4ncc(F)cc34)ncnc21)C(=O)O. The maximum absolute atomic E-state index is 13.7. The van der Waals surface area contributed by atoms with E-state index >= 15 is 0 Å². The average Bonchev–Trinajstić information content (AvgIpc) is 3.31. The molecule has 0 aromatic carbocycles. The van der Waals surface area contributed by atoms with E-state index in [1.807, 2.05) is 0 Å². The Morgan fingerprint density at radius 2 is 2.06 bits per heavy atom. The largest absolute Gasteiger partial charge is 0.480 e. The number of rotatable bonds is 7. The number of aromatic nitrogens is 5. The molecular weight excluding hydrogens is 409 g/mol. The van der Waals surface area contributed by atoms with Crippen molar-refractivity contribution in [1.82, 2.24) is 29.8 Å². The van der Waals surface area contributed by atoms with Crippen LogP contribution in [0.4, 0.5) is 4.39 Å². The number of pyridine rings is 1. The molecule has 0 aliphatic carbocycles. The van der Waals surface area contributed by atoms with Gasteiger partial charge in [0, 0.05) is 28.7 Å². The second kappa shape index (κ2) is 7.82. The molecule has 4 heterocycles. The lowest BCUT2D eigenvalue weighted by atomic mass is 10.1. The van der Waals surface area contributed by atoms with Crippen LogP contribution in [0.3, 0.4) is 0 Å². The number of aliphatic carboxylic acids is 1. The van der Waals surface area contributed by atoms with Crippen molar-refractivity contribution < 1.29 is 23.9 Å². The van der Waals surface area contributed by atoms with Gasteiger partial charge in [-0.25, -0.2) is 24.1 Å². The maximum atomic E-state index is 13.7. The monoisotopic (exact) mass is 425 g/mol. The van der Waals surface area contributed by atoms with Crippen molar-refractivity contribution in [3.63, 3.8) is 0 Å². The third kappa shape index (κ3) is 3.90. The number of H-pyrrole nitrogens is 1. The summed E-state index contributed by atoms with van der Waals surface area (Å²) in [6.45, 7) is -0.243. The minimum Gasteiger partial charge on any atom is -0.480 e. The number of hydrogen-bond acceptors (Lipinski definition) is 6. The van der Waals surface area contributed by atoms with Gasteiger partial charge in [0.15, 0.2) is 0 Å². The van der Waals surface area contributed by atoms with Gasteiger partial charge in [0.1, 0.15) is 36.0 Å². The summed E-state index contributed by atoms with van der Waals surface area (Å²) >= 11 is 0. The molecule has 4 aromatic heterocycles. The van der Waals surface area contributed by atoms with Gasteiger partial charge < -0.3 is 25.7 Å². The molecule has 0 aliphatic rings. The Kier molecular flexibility index (Phi) is 5.03. The Morgan fingerprint density at radius 1 is 1.26 bits per heavy atom. The maximum Gasteiger partial charge on any atom is 0.326 e. The summed E-state index contributed by atoms with van der Waals surface area (Å²) in [5.41, 5.74) is 7.07. The van der Waals surface area contributed by atoms with E-state index in [9.17, 15) is 18.8 Å². The normalized spacial score (nSPS) is 12.2. The molecule has 0 aliphatic heterocycles. The van der Waals surface area contributed by atoms with Crippen molar-refractivity contribution in [2.45, 2.75) is 19.0 Å². The van der Waals surface area contributed by atoms with Crippen molar-refractivity contribution >= 4 is 39.9 Å². The molecule has 1 atom stereocenters. The van der Waals surface area contributed by atoms with E-state index < -0.39 is 36.1 Å². The van der Waals surface area contributed by atoms with Crippen molar-refractivity contribution in [2.24, 2.45) is 5.73 Å². The van der Waals surface area contributed by atoms with Crippen LogP contribution < -0.4 is 11.1 Å². The van der Waals surface area contributed by atoms with Gasteiger partial charge >= 0.3 is 5.97 Å². The lowest BCUT2D eigenvalue weighted by molar-refractivity contribution is -0.143. The molecule has 158 valence electrons. The van der Waals surface area contributed by atoms with Gasteiger partial charge in [-0.05, 0) is 12.1 Å². The molecule has 31 heavy (non-hydrogen) atoms. The number of aromatic amines is 1. The minimum absolute atomic E-state index is 0.243. The first-order chi connectivity index (χ1) is 14.8. The number of primary amides is 1. The number of amides is 2. The number of fused-ring (bicyclic) bond motifs is 2. The highest BCUT2D eigenvalue weighted by molar-refractivity contribution is 6.01. The zero-order chi connectivity index (χ0) is 22.1. The van der Waals surface area contributed by atoms with Crippen LogP contribution in [0.1, 0.15) is 6.42 Å². The van der Waals surface area contributed by atoms with Crippen molar-refractivity contribution in [3.05, 3.63) is 42.9 Å². The van der Waals surface area contributed by atoms with Gasteiger partial charge in [0.25, 0.3) is 0 Å². The Labute approximate surface area is 173 Å². The number of carbonyl (C=O) groups is 3. The molecule has 0 unspecified atom stereocenters. The topological polar surface area (TPSA) is 169 Å². The summed E-state index contributed by atoms with van der Waals surface area (Å²) in [4.78, 5) is 50.0. The van der Waals surface area contributed by atoms with Crippen molar-refractivity contribution in [1.29, 1.82) is 0 Å². The second-order valence-corrected chi connectivity index (χ2v) is 6.78. The molecule has 2 amide bonds. The van der Waals surface area contributed by atoms with Crippen LogP contribution in [0, 0.1) is 5.82 Å². The van der Waals surface area contributed by atoms with E-state index in [4.69, 9.17) is 10.8 Å². The van der Waals surface area contributed by atoms with Gasteiger partial charge in [-0.2, -0.15) is 0 Å². The van der Waals surface area contributed by atoms with Crippen molar-refractivity contribution in [2.75, 3.05) is 0 Å². The molecule has 0 saturated carbocycles. The van der Waals surface area contributed by atoms with E-state index in [-0.39, 0.29) is 6.54 Å². The number of nitrogens with zero attached hydrogens (tertiary/aromatic N) is 4. The molecule has 11 nitrogen and oxygen atoms in total. The molecule has 0 saturated heterocycles. The smallest absolute Gasteiger partial charge is 0.326 e. The summed E-state index contributed by atoms with van der Waals surface area (Å²) < 4.78 is 15.2. The van der Waals surface area contributed by atoms with Crippen LogP contribution in [0.15, 0.2) is 37.1 Å². The third-order valence-corrected chi connectivity index (χ3v) is 4.66. The van der Waals surface area contributed by atoms with E-state index in [2.05, 4.69) is 25.3 Å². The van der Waals surface area contributed by atoms with Crippen LogP contribution in [0.2, 0.25) is 0 Å². The number of carboxylic acids is 1. The molecular formula is C19H16FN7O4. The fourth-order valence-corrected chi connectivity index (χ4v) is 3.32. The van der Waals surface area contributed by atoms with Gasteiger partial charge in [-0.1, -0.05) is 0 Å². The van der Waals surface area contributed by atoms with Gasteiger partial charge in [-0.3, -0.25) is 9.59 Å². The van der Waals surface area contributed by atoms with E-state index in [1.54, 1.807) is 18.5 Å². The van der Waals surface area contributed by atoms with Crippen LogP contribution in [-0.4, -0.2) is 53.4 Å². The second-order valence-electron chi connectivity index (χ2n) is 6.78. The zero-order valence-electron chi connectivity index (χ0n) is 15.9. The molecule has 12 heteroatoms. The highest BCUT2D eigenvalue weighted by Gasteiger charge is 2.23. The Balaban J connectivity index is 1.65. The van der Waals surface area contributed by atoms with E-state index in [0.717, 1.165) is 6.20 Å². The number of hydrogen-bond donors (Lipinski definition) is 4. The fraction of sp³-hybridized carbons (Fsp3) is 0.158. The number of carbonyl (C=O) groups excluding carboxylic acids is 2. The first kappa shape index (κ1) is 19.9. The Morgan fingerprint density at radius 3 is 2.81 bits per heavy atom. The summed E-state index contributed by atoms with van der Waals surface area (Å²) in [7, 11) is 0. The highest BCUT2D eigenvalue weighted by atomic mass is 19.1.